The predicted molar refractivity (Wildman–Crippen MR) is 134 cm³/mol. The zero-order valence-electron chi connectivity index (χ0n) is 19.2. The predicted octanol–water partition coefficient (Wildman–Crippen LogP) is 4.24. The summed E-state index contributed by atoms with van der Waals surface area (Å²) in [7, 11) is 0. The number of aromatic carboxylic acids is 1. The second-order valence-electron chi connectivity index (χ2n) is 8.32. The first-order valence-corrected chi connectivity index (χ1v) is 11.0. The van der Waals surface area contributed by atoms with E-state index in [1.165, 1.54) is 17.0 Å². The van der Waals surface area contributed by atoms with Gasteiger partial charge in [0.1, 0.15) is 5.57 Å². The van der Waals surface area contributed by atoms with Crippen molar-refractivity contribution in [2.75, 3.05) is 4.90 Å². The number of carbonyl (C=O) groups excluding carboxylic acids is 2. The molecule has 0 spiro atoms. The van der Waals surface area contributed by atoms with Crippen LogP contribution in [-0.4, -0.2) is 32.6 Å². The van der Waals surface area contributed by atoms with Crippen molar-refractivity contribution in [3.8, 4) is 5.69 Å². The highest BCUT2D eigenvalue weighted by molar-refractivity contribution is 7.80. The van der Waals surface area contributed by atoms with Gasteiger partial charge in [-0.05, 0) is 105 Å². The maximum Gasteiger partial charge on any atom is 0.335 e. The molecule has 7 nitrogen and oxygen atoms in total. The molecule has 2 N–H and O–H groups in total. The van der Waals surface area contributed by atoms with Gasteiger partial charge in [0.2, 0.25) is 0 Å². The van der Waals surface area contributed by atoms with Crippen LogP contribution in [0.4, 0.5) is 5.69 Å². The first kappa shape index (κ1) is 23.1. The molecule has 2 heterocycles. The van der Waals surface area contributed by atoms with Gasteiger partial charge in [0.15, 0.2) is 5.11 Å². The number of aryl methyl sites for hydroxylation is 3. The summed E-state index contributed by atoms with van der Waals surface area (Å²) >= 11 is 5.31. The third-order valence-corrected chi connectivity index (χ3v) is 5.99. The van der Waals surface area contributed by atoms with Gasteiger partial charge in [0, 0.05) is 17.1 Å². The number of carboxylic acid groups (broad SMARTS) is 1. The Labute approximate surface area is 202 Å². The number of amides is 2. The van der Waals surface area contributed by atoms with Crippen LogP contribution in [-0.2, 0) is 9.59 Å². The highest BCUT2D eigenvalue weighted by atomic mass is 32.1. The van der Waals surface area contributed by atoms with Crippen LogP contribution in [0, 0.1) is 27.7 Å². The smallest absolute Gasteiger partial charge is 0.335 e. The van der Waals surface area contributed by atoms with Gasteiger partial charge in [0.05, 0.1) is 11.3 Å². The molecule has 1 aromatic heterocycles. The number of nitrogens with one attached hydrogen (secondary N) is 1. The third kappa shape index (κ3) is 4.15. The molecule has 4 rings (SSSR count). The van der Waals surface area contributed by atoms with E-state index in [1.54, 1.807) is 18.2 Å². The summed E-state index contributed by atoms with van der Waals surface area (Å²) in [5, 5.41) is 11.8. The molecule has 8 heteroatoms. The first-order chi connectivity index (χ1) is 16.1. The Bertz CT molecular complexity index is 1380. The molecule has 0 bridgehead atoms. The Hall–Kier alpha value is -4.04. The van der Waals surface area contributed by atoms with Crippen LogP contribution in [0.2, 0.25) is 0 Å². The number of carboxylic acids is 1. The van der Waals surface area contributed by atoms with Crippen molar-refractivity contribution < 1.29 is 19.5 Å². The van der Waals surface area contributed by atoms with E-state index in [0.29, 0.717) is 11.3 Å². The summed E-state index contributed by atoms with van der Waals surface area (Å²) in [5.41, 5.74) is 5.89. The largest absolute Gasteiger partial charge is 0.478 e. The summed E-state index contributed by atoms with van der Waals surface area (Å²) in [6.07, 6.45) is 1.57. The van der Waals surface area contributed by atoms with Gasteiger partial charge >= 0.3 is 5.97 Å². The molecule has 1 aliphatic rings. The van der Waals surface area contributed by atoms with Gasteiger partial charge in [-0.2, -0.15) is 0 Å². The number of rotatable bonds is 4. The van der Waals surface area contributed by atoms with E-state index in [-0.39, 0.29) is 16.2 Å². The zero-order chi connectivity index (χ0) is 24.7. The van der Waals surface area contributed by atoms with Gasteiger partial charge in [0.25, 0.3) is 11.8 Å². The molecule has 3 aromatic rings. The number of thiocarbonyl (C=S) groups is 1. The van der Waals surface area contributed by atoms with Crippen molar-refractivity contribution in [2.45, 2.75) is 27.7 Å². The van der Waals surface area contributed by atoms with Crippen LogP contribution in [0.25, 0.3) is 11.8 Å². The minimum Gasteiger partial charge on any atom is -0.478 e. The highest BCUT2D eigenvalue weighted by Gasteiger charge is 2.35. The molecule has 0 saturated carbocycles. The van der Waals surface area contributed by atoms with E-state index in [0.717, 1.165) is 28.2 Å². The number of anilines is 1. The lowest BCUT2D eigenvalue weighted by molar-refractivity contribution is -0.122. The summed E-state index contributed by atoms with van der Waals surface area (Å²) < 4.78 is 1.94. The van der Waals surface area contributed by atoms with Crippen molar-refractivity contribution in [2.24, 2.45) is 0 Å². The standard InChI is InChI=1S/C26H23N3O4S/c1-14-9-15(2)11-21(10-14)29-24(31)22(23(30)27-26(29)34)13-19-12-16(3)28(17(19)4)20-7-5-18(6-8-20)25(32)33/h5-13H,1-4H3,(H,32,33)(H,27,30,34)/b22-13+. The maximum absolute atomic E-state index is 13.4. The van der Waals surface area contributed by atoms with Crippen LogP contribution in [0.3, 0.4) is 0 Å². The fourth-order valence-electron chi connectivity index (χ4n) is 4.21. The van der Waals surface area contributed by atoms with Gasteiger partial charge < -0.3 is 9.67 Å². The monoisotopic (exact) mass is 473 g/mol. The Kier molecular flexibility index (Phi) is 5.93. The minimum atomic E-state index is -0.994. The van der Waals surface area contributed by atoms with Gasteiger partial charge in [-0.15, -0.1) is 0 Å². The zero-order valence-corrected chi connectivity index (χ0v) is 20.0. The molecule has 2 aromatic carbocycles. The Morgan fingerprint density at radius 1 is 0.941 bits per heavy atom. The number of hydrogen-bond donors (Lipinski definition) is 2. The van der Waals surface area contributed by atoms with Crippen LogP contribution in [0.1, 0.15) is 38.4 Å². The molecule has 0 unspecified atom stereocenters. The minimum absolute atomic E-state index is 0.0192. The highest BCUT2D eigenvalue weighted by Crippen LogP contribution is 2.27. The van der Waals surface area contributed by atoms with Crippen LogP contribution >= 0.6 is 12.2 Å². The van der Waals surface area contributed by atoms with E-state index in [4.69, 9.17) is 17.3 Å². The van der Waals surface area contributed by atoms with Gasteiger partial charge in [-0.25, -0.2) is 4.79 Å². The number of benzene rings is 2. The second kappa shape index (κ2) is 8.72. The fourth-order valence-corrected chi connectivity index (χ4v) is 4.49. The molecule has 0 radical (unpaired) electrons. The summed E-state index contributed by atoms with van der Waals surface area (Å²) in [6, 6.07) is 14.1. The molecule has 172 valence electrons. The molecule has 1 fully saturated rings. The topological polar surface area (TPSA) is 91.6 Å². The van der Waals surface area contributed by atoms with Crippen molar-refractivity contribution in [3.63, 3.8) is 0 Å². The van der Waals surface area contributed by atoms with Crippen LogP contribution in [0.15, 0.2) is 54.1 Å². The SMILES string of the molecule is Cc1cc(C)cc(N2C(=O)/C(=C/c3cc(C)n(-c4ccc(C(=O)O)cc4)c3C)C(=O)NC2=S)c1. The lowest BCUT2D eigenvalue weighted by atomic mass is 10.1. The molecule has 1 aliphatic heterocycles. The van der Waals surface area contributed by atoms with Crippen LogP contribution < -0.4 is 10.2 Å². The fraction of sp³-hybridized carbons (Fsp3) is 0.154. The average Bonchev–Trinajstić information content (AvgIpc) is 3.03. The van der Waals surface area contributed by atoms with Crippen molar-refractivity contribution in [3.05, 3.63) is 87.7 Å². The van der Waals surface area contributed by atoms with Gasteiger partial charge in [-0.3, -0.25) is 19.8 Å². The number of carbonyl (C=O) groups is 3. The molecule has 1 saturated heterocycles. The lowest BCUT2D eigenvalue weighted by Crippen LogP contribution is -2.54. The Balaban J connectivity index is 1.75. The Morgan fingerprint density at radius 2 is 1.56 bits per heavy atom. The molecule has 34 heavy (non-hydrogen) atoms. The third-order valence-electron chi connectivity index (χ3n) is 5.71. The first-order valence-electron chi connectivity index (χ1n) is 10.6. The van der Waals surface area contributed by atoms with Crippen LogP contribution in [0.5, 0.6) is 0 Å². The second-order valence-corrected chi connectivity index (χ2v) is 8.70. The molecule has 2 amide bonds. The lowest BCUT2D eigenvalue weighted by Gasteiger charge is -2.29. The molecule has 0 atom stereocenters. The van der Waals surface area contributed by atoms with Crippen molar-refractivity contribution >= 4 is 46.9 Å². The number of hydrogen-bond acceptors (Lipinski definition) is 4. The molecular formula is C26H23N3O4S. The van der Waals surface area contributed by atoms with E-state index in [2.05, 4.69) is 5.32 Å². The normalized spacial score (nSPS) is 15.1. The van der Waals surface area contributed by atoms with Crippen molar-refractivity contribution in [1.82, 2.24) is 9.88 Å². The summed E-state index contributed by atoms with van der Waals surface area (Å²) in [5.74, 6) is -2.04. The van der Waals surface area contributed by atoms with E-state index >= 15 is 0 Å². The molecular weight excluding hydrogens is 450 g/mol. The number of aromatic nitrogens is 1. The quantitative estimate of drug-likeness (QED) is 0.336. The average molecular weight is 474 g/mol. The molecule has 0 aliphatic carbocycles. The summed E-state index contributed by atoms with van der Waals surface area (Å²) in [4.78, 5) is 38.6. The Morgan fingerprint density at radius 3 is 2.15 bits per heavy atom. The van der Waals surface area contributed by atoms with Crippen molar-refractivity contribution in [1.29, 1.82) is 0 Å². The summed E-state index contributed by atoms with van der Waals surface area (Å²) in [6.45, 7) is 7.64. The van der Waals surface area contributed by atoms with Gasteiger partial charge in [-0.1, -0.05) is 6.07 Å². The maximum atomic E-state index is 13.4. The van der Waals surface area contributed by atoms with E-state index in [9.17, 15) is 14.4 Å². The number of nitrogens with zero attached hydrogens (tertiary/aromatic N) is 2. The van der Waals surface area contributed by atoms with E-state index in [1.807, 2.05) is 56.5 Å². The van der Waals surface area contributed by atoms with E-state index < -0.39 is 17.8 Å².